The van der Waals surface area contributed by atoms with Crippen molar-refractivity contribution in [2.24, 2.45) is 0 Å². The first-order chi connectivity index (χ1) is 12.1. The van der Waals surface area contributed by atoms with Gasteiger partial charge in [-0.25, -0.2) is 0 Å². The van der Waals surface area contributed by atoms with Gasteiger partial charge in [-0.1, -0.05) is 0 Å². The highest BCUT2D eigenvalue weighted by atomic mass is 16.5. The Hall–Kier alpha value is -2.08. The van der Waals surface area contributed by atoms with Crippen LogP contribution >= 0.6 is 0 Å². The Labute approximate surface area is 149 Å². The van der Waals surface area contributed by atoms with Crippen molar-refractivity contribution in [2.75, 3.05) is 44.7 Å². The molecule has 1 atom stereocenters. The van der Waals surface area contributed by atoms with Crippen molar-refractivity contribution >= 4 is 17.5 Å². The van der Waals surface area contributed by atoms with Crippen molar-refractivity contribution < 1.29 is 14.3 Å². The summed E-state index contributed by atoms with van der Waals surface area (Å²) >= 11 is 0. The first kappa shape index (κ1) is 17.7. The molecule has 0 bridgehead atoms. The van der Waals surface area contributed by atoms with Crippen LogP contribution in [0.3, 0.4) is 0 Å². The summed E-state index contributed by atoms with van der Waals surface area (Å²) in [6.45, 7) is 5.79. The van der Waals surface area contributed by atoms with Gasteiger partial charge in [-0.15, -0.1) is 0 Å². The maximum atomic E-state index is 12.7. The third kappa shape index (κ3) is 3.95. The van der Waals surface area contributed by atoms with Gasteiger partial charge in [0.05, 0.1) is 13.2 Å². The lowest BCUT2D eigenvalue weighted by molar-refractivity contribution is -0.132. The molecule has 1 aromatic rings. The highest BCUT2D eigenvalue weighted by Crippen LogP contribution is 2.23. The van der Waals surface area contributed by atoms with Crippen LogP contribution < -0.4 is 9.64 Å². The molecule has 6 nitrogen and oxygen atoms in total. The lowest BCUT2D eigenvalue weighted by Crippen LogP contribution is -2.56. The second kappa shape index (κ2) is 7.87. The molecule has 0 unspecified atom stereocenters. The van der Waals surface area contributed by atoms with Crippen LogP contribution in [0.1, 0.15) is 26.2 Å². The molecule has 3 rings (SSSR count). The summed E-state index contributed by atoms with van der Waals surface area (Å²) in [7, 11) is 1.63. The second-order valence-electron chi connectivity index (χ2n) is 6.74. The zero-order valence-electron chi connectivity index (χ0n) is 15.1. The van der Waals surface area contributed by atoms with Crippen LogP contribution in [0.4, 0.5) is 5.69 Å². The number of hydrogen-bond acceptors (Lipinski definition) is 4. The van der Waals surface area contributed by atoms with E-state index in [1.54, 1.807) is 7.11 Å². The van der Waals surface area contributed by atoms with Crippen LogP contribution in [0.2, 0.25) is 0 Å². The average molecular weight is 345 g/mol. The van der Waals surface area contributed by atoms with E-state index in [1.165, 1.54) is 0 Å². The number of piperazine rings is 1. The Morgan fingerprint density at radius 2 is 1.80 bits per heavy atom. The molecular weight excluding hydrogens is 318 g/mol. The molecule has 2 saturated heterocycles. The SMILES string of the molecule is COc1ccc(N2CCN(CCC(=O)N3CCCC3)[C@H](C)C2=O)cc1. The largest absolute Gasteiger partial charge is 0.497 e. The van der Waals surface area contributed by atoms with E-state index in [4.69, 9.17) is 4.74 Å². The van der Waals surface area contributed by atoms with Gasteiger partial charge in [0.2, 0.25) is 11.8 Å². The van der Waals surface area contributed by atoms with Crippen molar-refractivity contribution in [3.63, 3.8) is 0 Å². The fourth-order valence-electron chi connectivity index (χ4n) is 3.60. The van der Waals surface area contributed by atoms with Crippen molar-refractivity contribution in [3.8, 4) is 5.75 Å². The van der Waals surface area contributed by atoms with E-state index in [0.29, 0.717) is 19.5 Å². The molecule has 2 fully saturated rings. The van der Waals surface area contributed by atoms with Gasteiger partial charge in [-0.05, 0) is 44.0 Å². The second-order valence-corrected chi connectivity index (χ2v) is 6.74. The van der Waals surface area contributed by atoms with E-state index in [2.05, 4.69) is 4.90 Å². The molecule has 0 radical (unpaired) electrons. The Bertz CT molecular complexity index is 611. The Morgan fingerprint density at radius 3 is 2.44 bits per heavy atom. The molecule has 6 heteroatoms. The summed E-state index contributed by atoms with van der Waals surface area (Å²) in [4.78, 5) is 30.9. The van der Waals surface area contributed by atoms with E-state index in [-0.39, 0.29) is 17.9 Å². The molecule has 0 saturated carbocycles. The predicted molar refractivity (Wildman–Crippen MR) is 96.8 cm³/mol. The number of rotatable bonds is 5. The molecule has 0 N–H and O–H groups in total. The molecular formula is C19H27N3O3. The highest BCUT2D eigenvalue weighted by Gasteiger charge is 2.32. The van der Waals surface area contributed by atoms with Crippen LogP contribution in [0.25, 0.3) is 0 Å². The molecule has 2 aliphatic rings. The van der Waals surface area contributed by atoms with Crippen LogP contribution in [-0.4, -0.2) is 67.5 Å². The number of nitrogens with zero attached hydrogens (tertiary/aromatic N) is 3. The summed E-state index contributed by atoms with van der Waals surface area (Å²) in [5, 5.41) is 0. The van der Waals surface area contributed by atoms with E-state index in [9.17, 15) is 9.59 Å². The van der Waals surface area contributed by atoms with Crippen molar-refractivity contribution in [2.45, 2.75) is 32.2 Å². The first-order valence-electron chi connectivity index (χ1n) is 9.07. The molecule has 0 spiro atoms. The normalized spacial score (nSPS) is 21.7. The Kier molecular flexibility index (Phi) is 5.58. The summed E-state index contributed by atoms with van der Waals surface area (Å²) in [6.07, 6.45) is 2.72. The summed E-state index contributed by atoms with van der Waals surface area (Å²) < 4.78 is 5.17. The highest BCUT2D eigenvalue weighted by molar-refractivity contribution is 5.97. The standard InChI is InChI=1S/C19H27N3O3/c1-15-19(24)22(16-5-7-17(25-2)8-6-16)14-13-20(15)12-9-18(23)21-10-3-4-11-21/h5-8,15H,3-4,9-14H2,1-2H3/t15-/m1/s1. The molecule has 0 aromatic heterocycles. The quantitative estimate of drug-likeness (QED) is 0.816. The molecule has 136 valence electrons. The van der Waals surface area contributed by atoms with Gasteiger partial charge in [0.15, 0.2) is 0 Å². The minimum Gasteiger partial charge on any atom is -0.497 e. The number of hydrogen-bond donors (Lipinski definition) is 0. The molecule has 1 aromatic carbocycles. The predicted octanol–water partition coefficient (Wildman–Crippen LogP) is 1.74. The molecule has 2 heterocycles. The summed E-state index contributed by atoms with van der Waals surface area (Å²) in [6, 6.07) is 7.36. The fraction of sp³-hybridized carbons (Fsp3) is 0.579. The minimum atomic E-state index is -0.206. The van der Waals surface area contributed by atoms with Crippen LogP contribution in [0.15, 0.2) is 24.3 Å². The van der Waals surface area contributed by atoms with Crippen molar-refractivity contribution in [3.05, 3.63) is 24.3 Å². The van der Waals surface area contributed by atoms with Gasteiger partial charge in [0, 0.05) is 44.8 Å². The average Bonchev–Trinajstić information content (AvgIpc) is 3.18. The third-order valence-electron chi connectivity index (χ3n) is 5.24. The van der Waals surface area contributed by atoms with Crippen LogP contribution in [-0.2, 0) is 9.59 Å². The van der Waals surface area contributed by atoms with E-state index >= 15 is 0 Å². The number of amides is 2. The maximum absolute atomic E-state index is 12.7. The van der Waals surface area contributed by atoms with Gasteiger partial charge in [-0.2, -0.15) is 0 Å². The smallest absolute Gasteiger partial charge is 0.244 e. The van der Waals surface area contributed by atoms with Gasteiger partial charge in [0.1, 0.15) is 5.75 Å². The number of anilines is 1. The molecule has 0 aliphatic carbocycles. The van der Waals surface area contributed by atoms with E-state index in [1.807, 2.05) is 41.0 Å². The maximum Gasteiger partial charge on any atom is 0.244 e. The van der Waals surface area contributed by atoms with Gasteiger partial charge in [0.25, 0.3) is 0 Å². The lowest BCUT2D eigenvalue weighted by atomic mass is 10.1. The molecule has 2 amide bonds. The number of likely N-dealkylation sites (tertiary alicyclic amines) is 1. The topological polar surface area (TPSA) is 53.1 Å². The zero-order valence-corrected chi connectivity index (χ0v) is 15.1. The van der Waals surface area contributed by atoms with E-state index in [0.717, 1.165) is 43.9 Å². The number of methoxy groups -OCH3 is 1. The van der Waals surface area contributed by atoms with Crippen molar-refractivity contribution in [1.82, 2.24) is 9.80 Å². The third-order valence-corrected chi connectivity index (χ3v) is 5.24. The fourth-order valence-corrected chi connectivity index (χ4v) is 3.60. The van der Waals surface area contributed by atoms with Crippen LogP contribution in [0.5, 0.6) is 5.75 Å². The number of carbonyl (C=O) groups is 2. The summed E-state index contributed by atoms with van der Waals surface area (Å²) in [5.74, 6) is 1.09. The Morgan fingerprint density at radius 1 is 1.12 bits per heavy atom. The number of carbonyl (C=O) groups excluding carboxylic acids is 2. The summed E-state index contributed by atoms with van der Waals surface area (Å²) in [5.41, 5.74) is 0.894. The lowest BCUT2D eigenvalue weighted by Gasteiger charge is -2.39. The van der Waals surface area contributed by atoms with Crippen LogP contribution in [0, 0.1) is 0 Å². The minimum absolute atomic E-state index is 0.0880. The number of ether oxygens (including phenoxy) is 1. The van der Waals surface area contributed by atoms with Gasteiger partial charge < -0.3 is 14.5 Å². The Balaban J connectivity index is 1.56. The number of benzene rings is 1. The molecule has 25 heavy (non-hydrogen) atoms. The van der Waals surface area contributed by atoms with Gasteiger partial charge >= 0.3 is 0 Å². The zero-order chi connectivity index (χ0) is 17.8. The first-order valence-corrected chi connectivity index (χ1v) is 9.07. The monoisotopic (exact) mass is 345 g/mol. The van der Waals surface area contributed by atoms with Crippen molar-refractivity contribution in [1.29, 1.82) is 0 Å². The molecule has 2 aliphatic heterocycles. The van der Waals surface area contributed by atoms with Gasteiger partial charge in [-0.3, -0.25) is 14.5 Å². The van der Waals surface area contributed by atoms with E-state index < -0.39 is 0 Å².